The molecule has 0 atom stereocenters. The third-order valence-electron chi connectivity index (χ3n) is 1.84. The van der Waals surface area contributed by atoms with Crippen LogP contribution in [0.5, 0.6) is 0 Å². The molecular weight excluding hydrogens is 178 g/mol. The van der Waals surface area contributed by atoms with Crippen LogP contribution >= 0.6 is 0 Å². The topological polar surface area (TPSA) is 69.6 Å². The first kappa shape index (κ1) is 8.83. The molecule has 0 saturated carbocycles. The fraction of sp³-hybridized carbons (Fsp3) is 0.222. The summed E-state index contributed by atoms with van der Waals surface area (Å²) >= 11 is 0. The van der Waals surface area contributed by atoms with Gasteiger partial charge in [0.2, 0.25) is 0 Å². The van der Waals surface area contributed by atoms with Crippen LogP contribution in [0.15, 0.2) is 31.0 Å². The first-order valence-corrected chi connectivity index (χ1v) is 4.35. The summed E-state index contributed by atoms with van der Waals surface area (Å²) in [5.41, 5.74) is 6.33. The summed E-state index contributed by atoms with van der Waals surface area (Å²) < 4.78 is 1.91. The van der Waals surface area contributed by atoms with Gasteiger partial charge in [-0.1, -0.05) is 0 Å². The molecule has 2 rings (SSSR count). The van der Waals surface area contributed by atoms with Crippen molar-refractivity contribution in [1.29, 1.82) is 0 Å². The van der Waals surface area contributed by atoms with E-state index in [0.717, 1.165) is 11.5 Å². The number of imidazole rings is 1. The van der Waals surface area contributed by atoms with Gasteiger partial charge in [-0.25, -0.2) is 15.0 Å². The fourth-order valence-electron chi connectivity index (χ4n) is 1.17. The Kier molecular flexibility index (Phi) is 2.51. The van der Waals surface area contributed by atoms with Crippen molar-refractivity contribution in [3.63, 3.8) is 0 Å². The van der Waals surface area contributed by atoms with E-state index in [0.29, 0.717) is 13.1 Å². The highest BCUT2D eigenvalue weighted by Gasteiger charge is 1.98. The summed E-state index contributed by atoms with van der Waals surface area (Å²) in [6, 6.07) is 1.79. The average Bonchev–Trinajstić information content (AvgIpc) is 2.67. The van der Waals surface area contributed by atoms with Crippen molar-refractivity contribution in [2.24, 2.45) is 5.73 Å². The Bertz CT molecular complexity index is 395. The Hall–Kier alpha value is -1.75. The van der Waals surface area contributed by atoms with Gasteiger partial charge in [0, 0.05) is 25.1 Å². The molecule has 14 heavy (non-hydrogen) atoms. The lowest BCUT2D eigenvalue weighted by atomic mass is 10.5. The standard InChI is InChI=1S/C9H11N5/c10-4-8-5-14(7-13-8)6-9-11-2-1-3-12-9/h1-3,5,7H,4,6,10H2. The quantitative estimate of drug-likeness (QED) is 0.747. The van der Waals surface area contributed by atoms with E-state index in [1.165, 1.54) is 0 Å². The highest BCUT2D eigenvalue weighted by Crippen LogP contribution is 1.98. The van der Waals surface area contributed by atoms with Gasteiger partial charge in [0.05, 0.1) is 18.6 Å². The van der Waals surface area contributed by atoms with Gasteiger partial charge in [0.15, 0.2) is 0 Å². The SMILES string of the molecule is NCc1cn(Cc2ncccn2)cn1. The molecule has 0 aromatic carbocycles. The lowest BCUT2D eigenvalue weighted by Gasteiger charge is -1.98. The number of hydrogen-bond acceptors (Lipinski definition) is 4. The van der Waals surface area contributed by atoms with Gasteiger partial charge in [-0.3, -0.25) is 0 Å². The maximum absolute atomic E-state index is 5.45. The summed E-state index contributed by atoms with van der Waals surface area (Å²) in [5.74, 6) is 0.772. The van der Waals surface area contributed by atoms with Gasteiger partial charge in [0.1, 0.15) is 5.82 Å². The third-order valence-corrected chi connectivity index (χ3v) is 1.84. The van der Waals surface area contributed by atoms with Crippen LogP contribution in [0.1, 0.15) is 11.5 Å². The molecule has 0 aliphatic heterocycles. The summed E-state index contributed by atoms with van der Waals surface area (Å²) in [4.78, 5) is 12.3. The third kappa shape index (κ3) is 1.94. The molecular formula is C9H11N5. The molecule has 0 spiro atoms. The van der Waals surface area contributed by atoms with Gasteiger partial charge >= 0.3 is 0 Å². The minimum Gasteiger partial charge on any atom is -0.329 e. The van der Waals surface area contributed by atoms with Crippen LogP contribution in [-0.2, 0) is 13.1 Å². The van der Waals surface area contributed by atoms with Crippen molar-refractivity contribution >= 4 is 0 Å². The molecule has 0 unspecified atom stereocenters. The molecule has 0 bridgehead atoms. The summed E-state index contributed by atoms with van der Waals surface area (Å²) in [6.07, 6.45) is 7.08. The van der Waals surface area contributed by atoms with E-state index in [1.54, 1.807) is 24.8 Å². The van der Waals surface area contributed by atoms with E-state index >= 15 is 0 Å². The number of aromatic nitrogens is 4. The van der Waals surface area contributed by atoms with E-state index < -0.39 is 0 Å². The zero-order chi connectivity index (χ0) is 9.80. The van der Waals surface area contributed by atoms with Gasteiger partial charge in [-0.05, 0) is 6.07 Å². The van der Waals surface area contributed by atoms with Crippen LogP contribution in [0.2, 0.25) is 0 Å². The Morgan fingerprint density at radius 2 is 2.00 bits per heavy atom. The minimum absolute atomic E-state index is 0.461. The van der Waals surface area contributed by atoms with E-state index in [9.17, 15) is 0 Å². The predicted molar refractivity (Wildman–Crippen MR) is 51.3 cm³/mol. The van der Waals surface area contributed by atoms with Crippen LogP contribution in [0.3, 0.4) is 0 Å². The number of nitrogens with zero attached hydrogens (tertiary/aromatic N) is 4. The second-order valence-corrected chi connectivity index (χ2v) is 2.91. The number of rotatable bonds is 3. The summed E-state index contributed by atoms with van der Waals surface area (Å²) in [5, 5.41) is 0. The van der Waals surface area contributed by atoms with E-state index in [2.05, 4.69) is 15.0 Å². The molecule has 2 aromatic heterocycles. The first-order chi connectivity index (χ1) is 6.88. The summed E-state index contributed by atoms with van der Waals surface area (Å²) in [6.45, 7) is 1.09. The highest BCUT2D eigenvalue weighted by molar-refractivity contribution is 4.98. The molecule has 2 N–H and O–H groups in total. The summed E-state index contributed by atoms with van der Waals surface area (Å²) in [7, 11) is 0. The normalized spacial score (nSPS) is 10.4. The zero-order valence-electron chi connectivity index (χ0n) is 7.67. The molecule has 5 heteroatoms. The van der Waals surface area contributed by atoms with Crippen molar-refractivity contribution in [2.75, 3.05) is 0 Å². The smallest absolute Gasteiger partial charge is 0.147 e. The van der Waals surface area contributed by atoms with Crippen molar-refractivity contribution in [3.8, 4) is 0 Å². The number of nitrogens with two attached hydrogens (primary N) is 1. The molecule has 72 valence electrons. The van der Waals surface area contributed by atoms with Crippen LogP contribution in [0, 0.1) is 0 Å². The van der Waals surface area contributed by atoms with E-state index in [-0.39, 0.29) is 0 Å². The molecule has 0 fully saturated rings. The zero-order valence-corrected chi connectivity index (χ0v) is 7.67. The second kappa shape index (κ2) is 3.97. The van der Waals surface area contributed by atoms with Crippen LogP contribution < -0.4 is 5.73 Å². The Labute approximate surface area is 81.6 Å². The maximum atomic E-state index is 5.45. The largest absolute Gasteiger partial charge is 0.329 e. The van der Waals surface area contributed by atoms with Gasteiger partial charge in [-0.2, -0.15) is 0 Å². The van der Waals surface area contributed by atoms with Gasteiger partial charge < -0.3 is 10.3 Å². The average molecular weight is 189 g/mol. The first-order valence-electron chi connectivity index (χ1n) is 4.35. The van der Waals surface area contributed by atoms with Crippen LogP contribution in [-0.4, -0.2) is 19.5 Å². The van der Waals surface area contributed by atoms with Crippen LogP contribution in [0.25, 0.3) is 0 Å². The molecule has 2 heterocycles. The van der Waals surface area contributed by atoms with Crippen LogP contribution in [0.4, 0.5) is 0 Å². The van der Waals surface area contributed by atoms with E-state index in [4.69, 9.17) is 5.73 Å². The Morgan fingerprint density at radius 3 is 2.64 bits per heavy atom. The fourth-order valence-corrected chi connectivity index (χ4v) is 1.17. The lowest BCUT2D eigenvalue weighted by Crippen LogP contribution is -2.01. The number of hydrogen-bond donors (Lipinski definition) is 1. The van der Waals surface area contributed by atoms with Crippen molar-refractivity contribution < 1.29 is 0 Å². The lowest BCUT2D eigenvalue weighted by molar-refractivity contribution is 0.742. The molecule has 5 nitrogen and oxygen atoms in total. The molecule has 0 amide bonds. The van der Waals surface area contributed by atoms with Crippen molar-refractivity contribution in [1.82, 2.24) is 19.5 Å². The molecule has 0 radical (unpaired) electrons. The molecule has 0 aliphatic carbocycles. The van der Waals surface area contributed by atoms with E-state index in [1.807, 2.05) is 10.8 Å². The predicted octanol–water partition coefficient (Wildman–Crippen LogP) is 0.180. The monoisotopic (exact) mass is 189 g/mol. The Balaban J connectivity index is 2.11. The van der Waals surface area contributed by atoms with Crippen molar-refractivity contribution in [3.05, 3.63) is 42.5 Å². The maximum Gasteiger partial charge on any atom is 0.147 e. The second-order valence-electron chi connectivity index (χ2n) is 2.91. The molecule has 0 saturated heterocycles. The molecule has 2 aromatic rings. The highest BCUT2D eigenvalue weighted by atomic mass is 15.1. The Morgan fingerprint density at radius 1 is 1.21 bits per heavy atom. The minimum atomic E-state index is 0.461. The van der Waals surface area contributed by atoms with Gasteiger partial charge in [0.25, 0.3) is 0 Å². The molecule has 0 aliphatic rings. The van der Waals surface area contributed by atoms with Crippen molar-refractivity contribution in [2.45, 2.75) is 13.1 Å². The van der Waals surface area contributed by atoms with Gasteiger partial charge in [-0.15, -0.1) is 0 Å².